The van der Waals surface area contributed by atoms with E-state index in [1.54, 1.807) is 0 Å². The summed E-state index contributed by atoms with van der Waals surface area (Å²) in [6.45, 7) is 11.0. The quantitative estimate of drug-likeness (QED) is 0.581. The molecule has 3 heteroatoms. The molecule has 90 valence electrons. The number of rotatable bonds is 8. The van der Waals surface area contributed by atoms with Crippen molar-refractivity contribution in [3.63, 3.8) is 0 Å². The third-order valence-electron chi connectivity index (χ3n) is 2.51. The number of hydrogen-bond acceptors (Lipinski definition) is 2. The predicted octanol–water partition coefficient (Wildman–Crippen LogP) is 2.31. The number of unbranched alkanes of at least 4 members (excludes halogenated alkanes) is 1. The summed E-state index contributed by atoms with van der Waals surface area (Å²) in [6.07, 6.45) is 2.21. The van der Waals surface area contributed by atoms with Crippen LogP contribution in [0.1, 0.15) is 40.5 Å². The SMILES string of the molecule is CCCCOCC(C)C(=O)N(CC)CC. The first kappa shape index (κ1) is 14.4. The molecule has 0 spiro atoms. The van der Waals surface area contributed by atoms with Crippen molar-refractivity contribution in [3.8, 4) is 0 Å². The Morgan fingerprint density at radius 2 is 1.87 bits per heavy atom. The van der Waals surface area contributed by atoms with E-state index in [0.29, 0.717) is 6.61 Å². The van der Waals surface area contributed by atoms with Crippen molar-refractivity contribution in [1.82, 2.24) is 4.90 Å². The molecule has 0 aliphatic rings. The van der Waals surface area contributed by atoms with Crippen LogP contribution in [-0.4, -0.2) is 37.1 Å². The molecule has 0 heterocycles. The average molecular weight is 215 g/mol. The second kappa shape index (κ2) is 8.72. The lowest BCUT2D eigenvalue weighted by Crippen LogP contribution is -2.36. The number of carbonyl (C=O) groups is 1. The van der Waals surface area contributed by atoms with Crippen molar-refractivity contribution in [3.05, 3.63) is 0 Å². The van der Waals surface area contributed by atoms with Crippen LogP contribution in [0.2, 0.25) is 0 Å². The van der Waals surface area contributed by atoms with Crippen LogP contribution in [0.5, 0.6) is 0 Å². The van der Waals surface area contributed by atoms with Crippen LogP contribution >= 0.6 is 0 Å². The van der Waals surface area contributed by atoms with Gasteiger partial charge >= 0.3 is 0 Å². The van der Waals surface area contributed by atoms with Gasteiger partial charge in [-0.15, -0.1) is 0 Å². The van der Waals surface area contributed by atoms with E-state index in [0.717, 1.165) is 32.5 Å². The lowest BCUT2D eigenvalue weighted by molar-refractivity contribution is -0.136. The molecule has 15 heavy (non-hydrogen) atoms. The highest BCUT2D eigenvalue weighted by Gasteiger charge is 2.17. The first-order valence-corrected chi connectivity index (χ1v) is 6.03. The fraction of sp³-hybridized carbons (Fsp3) is 0.917. The van der Waals surface area contributed by atoms with E-state index in [4.69, 9.17) is 4.74 Å². The van der Waals surface area contributed by atoms with Crippen molar-refractivity contribution < 1.29 is 9.53 Å². The van der Waals surface area contributed by atoms with Gasteiger partial charge in [-0.2, -0.15) is 0 Å². The summed E-state index contributed by atoms with van der Waals surface area (Å²) in [5.41, 5.74) is 0. The van der Waals surface area contributed by atoms with Gasteiger partial charge in [0.2, 0.25) is 5.91 Å². The van der Waals surface area contributed by atoms with E-state index < -0.39 is 0 Å². The van der Waals surface area contributed by atoms with Crippen LogP contribution in [0.3, 0.4) is 0 Å². The minimum atomic E-state index is -0.0123. The Morgan fingerprint density at radius 3 is 2.33 bits per heavy atom. The fourth-order valence-corrected chi connectivity index (χ4v) is 1.42. The maximum Gasteiger partial charge on any atom is 0.227 e. The van der Waals surface area contributed by atoms with Crippen LogP contribution in [0.25, 0.3) is 0 Å². The van der Waals surface area contributed by atoms with Gasteiger partial charge in [0.1, 0.15) is 0 Å². The second-order valence-corrected chi connectivity index (χ2v) is 3.84. The summed E-state index contributed by atoms with van der Waals surface area (Å²) >= 11 is 0. The van der Waals surface area contributed by atoms with Crippen LogP contribution in [0.4, 0.5) is 0 Å². The molecule has 0 aliphatic heterocycles. The summed E-state index contributed by atoms with van der Waals surface area (Å²) in [5.74, 6) is 0.193. The minimum absolute atomic E-state index is 0.0123. The number of ether oxygens (including phenoxy) is 1. The Hall–Kier alpha value is -0.570. The molecule has 0 aromatic carbocycles. The van der Waals surface area contributed by atoms with Gasteiger partial charge in [-0.05, 0) is 20.3 Å². The summed E-state index contributed by atoms with van der Waals surface area (Å²) in [6, 6.07) is 0. The zero-order valence-corrected chi connectivity index (χ0v) is 10.6. The Labute approximate surface area is 93.8 Å². The highest BCUT2D eigenvalue weighted by atomic mass is 16.5. The topological polar surface area (TPSA) is 29.5 Å². The molecular formula is C12H25NO2. The average Bonchev–Trinajstić information content (AvgIpc) is 2.25. The molecule has 1 amide bonds. The largest absolute Gasteiger partial charge is 0.381 e. The predicted molar refractivity (Wildman–Crippen MR) is 62.8 cm³/mol. The summed E-state index contributed by atoms with van der Waals surface area (Å²) in [7, 11) is 0. The van der Waals surface area contributed by atoms with Crippen molar-refractivity contribution in [2.24, 2.45) is 5.92 Å². The first-order valence-electron chi connectivity index (χ1n) is 6.03. The third-order valence-corrected chi connectivity index (χ3v) is 2.51. The van der Waals surface area contributed by atoms with Gasteiger partial charge < -0.3 is 9.64 Å². The molecule has 0 N–H and O–H groups in total. The smallest absolute Gasteiger partial charge is 0.227 e. The molecule has 0 saturated carbocycles. The Bertz CT molecular complexity index is 167. The zero-order chi connectivity index (χ0) is 11.7. The Kier molecular flexibility index (Phi) is 8.38. The highest BCUT2D eigenvalue weighted by Crippen LogP contribution is 2.03. The van der Waals surface area contributed by atoms with Gasteiger partial charge in [0.25, 0.3) is 0 Å². The van der Waals surface area contributed by atoms with E-state index in [1.165, 1.54) is 0 Å². The van der Waals surface area contributed by atoms with Gasteiger partial charge in [0.05, 0.1) is 12.5 Å². The van der Waals surface area contributed by atoms with E-state index in [-0.39, 0.29) is 11.8 Å². The van der Waals surface area contributed by atoms with Gasteiger partial charge in [-0.3, -0.25) is 4.79 Å². The van der Waals surface area contributed by atoms with Gasteiger partial charge in [0, 0.05) is 19.7 Å². The lowest BCUT2D eigenvalue weighted by atomic mass is 10.1. The van der Waals surface area contributed by atoms with Crippen LogP contribution in [0, 0.1) is 5.92 Å². The van der Waals surface area contributed by atoms with Crippen molar-refractivity contribution >= 4 is 5.91 Å². The lowest BCUT2D eigenvalue weighted by Gasteiger charge is -2.22. The van der Waals surface area contributed by atoms with Gasteiger partial charge in [-0.25, -0.2) is 0 Å². The molecule has 0 aliphatic carbocycles. The molecule has 0 rings (SSSR count). The molecule has 0 fully saturated rings. The van der Waals surface area contributed by atoms with E-state index >= 15 is 0 Å². The maximum absolute atomic E-state index is 11.8. The molecule has 0 bridgehead atoms. The number of nitrogens with zero attached hydrogens (tertiary/aromatic N) is 1. The maximum atomic E-state index is 11.8. The number of amides is 1. The van der Waals surface area contributed by atoms with Crippen LogP contribution in [0.15, 0.2) is 0 Å². The molecule has 0 aromatic rings. The Morgan fingerprint density at radius 1 is 1.27 bits per heavy atom. The van der Waals surface area contributed by atoms with Crippen LogP contribution < -0.4 is 0 Å². The van der Waals surface area contributed by atoms with E-state index in [9.17, 15) is 4.79 Å². The summed E-state index contributed by atoms with van der Waals surface area (Å²) < 4.78 is 5.45. The molecule has 0 aromatic heterocycles. The van der Waals surface area contributed by atoms with Crippen molar-refractivity contribution in [2.75, 3.05) is 26.3 Å². The molecule has 0 radical (unpaired) electrons. The second-order valence-electron chi connectivity index (χ2n) is 3.84. The van der Waals surface area contributed by atoms with Crippen molar-refractivity contribution in [1.29, 1.82) is 0 Å². The zero-order valence-electron chi connectivity index (χ0n) is 10.6. The van der Waals surface area contributed by atoms with E-state index in [2.05, 4.69) is 6.92 Å². The number of hydrogen-bond donors (Lipinski definition) is 0. The van der Waals surface area contributed by atoms with Gasteiger partial charge in [-0.1, -0.05) is 20.3 Å². The first-order chi connectivity index (χ1) is 7.17. The fourth-order valence-electron chi connectivity index (χ4n) is 1.42. The Balaban J connectivity index is 3.77. The standard InChI is InChI=1S/C12H25NO2/c1-5-8-9-15-10-11(4)12(14)13(6-2)7-3/h11H,5-10H2,1-4H3. The summed E-state index contributed by atoms with van der Waals surface area (Å²) in [4.78, 5) is 13.7. The van der Waals surface area contributed by atoms with E-state index in [1.807, 2.05) is 25.7 Å². The molecular weight excluding hydrogens is 190 g/mol. The number of carbonyl (C=O) groups excluding carboxylic acids is 1. The molecule has 3 nitrogen and oxygen atoms in total. The minimum Gasteiger partial charge on any atom is -0.381 e. The summed E-state index contributed by atoms with van der Waals surface area (Å²) in [5, 5.41) is 0. The normalized spacial score (nSPS) is 12.5. The highest BCUT2D eigenvalue weighted by molar-refractivity contribution is 5.78. The molecule has 0 saturated heterocycles. The van der Waals surface area contributed by atoms with Crippen molar-refractivity contribution in [2.45, 2.75) is 40.5 Å². The van der Waals surface area contributed by atoms with Gasteiger partial charge in [0.15, 0.2) is 0 Å². The molecule has 1 atom stereocenters. The monoisotopic (exact) mass is 215 g/mol. The van der Waals surface area contributed by atoms with Crippen LogP contribution in [-0.2, 0) is 9.53 Å². The third kappa shape index (κ3) is 5.78. The molecule has 1 unspecified atom stereocenters.